The van der Waals surface area contributed by atoms with E-state index in [1.54, 1.807) is 7.11 Å². The van der Waals surface area contributed by atoms with Crippen molar-refractivity contribution in [1.29, 1.82) is 0 Å². The second kappa shape index (κ2) is 5.66. The van der Waals surface area contributed by atoms with Gasteiger partial charge in [-0.15, -0.1) is 0 Å². The van der Waals surface area contributed by atoms with Crippen LogP contribution >= 0.6 is 12.2 Å². The van der Waals surface area contributed by atoms with Crippen molar-refractivity contribution in [2.24, 2.45) is 5.41 Å². The fourth-order valence-electron chi connectivity index (χ4n) is 1.59. The fourth-order valence-corrected chi connectivity index (χ4v) is 1.90. The molecule has 0 aromatic rings. The van der Waals surface area contributed by atoms with Crippen molar-refractivity contribution in [3.05, 3.63) is 0 Å². The Kier molecular flexibility index (Phi) is 4.80. The van der Waals surface area contributed by atoms with Crippen molar-refractivity contribution < 1.29 is 4.74 Å². The van der Waals surface area contributed by atoms with Gasteiger partial charge in [-0.2, -0.15) is 0 Å². The molecule has 0 aromatic carbocycles. The standard InChI is InChI=1S/C11H22N2OS/c1-9(2)13-10(15)12-8-11(4-5-11)6-7-14-3/h9H,4-8H2,1-3H3,(H2,12,13,15). The van der Waals surface area contributed by atoms with Crippen LogP contribution < -0.4 is 10.6 Å². The highest BCUT2D eigenvalue weighted by atomic mass is 32.1. The number of ether oxygens (including phenoxy) is 1. The summed E-state index contributed by atoms with van der Waals surface area (Å²) in [7, 11) is 1.76. The molecule has 0 heterocycles. The van der Waals surface area contributed by atoms with Gasteiger partial charge in [0.15, 0.2) is 5.11 Å². The van der Waals surface area contributed by atoms with Crippen molar-refractivity contribution in [2.45, 2.75) is 39.2 Å². The molecule has 0 radical (unpaired) electrons. The van der Waals surface area contributed by atoms with Crippen molar-refractivity contribution in [1.82, 2.24) is 10.6 Å². The minimum absolute atomic E-state index is 0.402. The number of nitrogens with one attached hydrogen (secondary N) is 2. The van der Waals surface area contributed by atoms with Gasteiger partial charge in [-0.25, -0.2) is 0 Å². The average Bonchev–Trinajstić information content (AvgIpc) is 2.92. The first-order valence-corrected chi connectivity index (χ1v) is 6.02. The van der Waals surface area contributed by atoms with Crippen molar-refractivity contribution in [3.63, 3.8) is 0 Å². The minimum atomic E-state index is 0.402. The van der Waals surface area contributed by atoms with E-state index in [0.29, 0.717) is 11.5 Å². The molecule has 1 aliphatic carbocycles. The Morgan fingerprint density at radius 3 is 2.60 bits per heavy atom. The van der Waals surface area contributed by atoms with Crippen LogP contribution in [0.2, 0.25) is 0 Å². The smallest absolute Gasteiger partial charge is 0.166 e. The van der Waals surface area contributed by atoms with Crippen molar-refractivity contribution in [3.8, 4) is 0 Å². The van der Waals surface area contributed by atoms with E-state index in [4.69, 9.17) is 17.0 Å². The molecule has 15 heavy (non-hydrogen) atoms. The monoisotopic (exact) mass is 230 g/mol. The molecule has 0 aromatic heterocycles. The second-order valence-electron chi connectivity index (χ2n) is 4.72. The predicted octanol–water partition coefficient (Wildman–Crippen LogP) is 1.68. The Morgan fingerprint density at radius 2 is 2.13 bits per heavy atom. The molecule has 0 aliphatic heterocycles. The quantitative estimate of drug-likeness (QED) is 0.680. The molecular weight excluding hydrogens is 208 g/mol. The molecule has 3 nitrogen and oxygen atoms in total. The lowest BCUT2D eigenvalue weighted by Gasteiger charge is -2.18. The zero-order valence-electron chi connectivity index (χ0n) is 9.93. The molecule has 1 rings (SSSR count). The molecule has 0 spiro atoms. The van der Waals surface area contributed by atoms with Crippen LogP contribution in [0.3, 0.4) is 0 Å². The van der Waals surface area contributed by atoms with E-state index in [1.807, 2.05) is 0 Å². The molecule has 0 amide bonds. The van der Waals surface area contributed by atoms with E-state index < -0.39 is 0 Å². The number of rotatable bonds is 6. The lowest BCUT2D eigenvalue weighted by atomic mass is 10.0. The third-order valence-corrected chi connectivity index (χ3v) is 3.10. The number of hydrogen-bond donors (Lipinski definition) is 2. The molecule has 1 aliphatic rings. The van der Waals surface area contributed by atoms with Crippen LogP contribution in [0, 0.1) is 5.41 Å². The lowest BCUT2D eigenvalue weighted by molar-refractivity contribution is 0.172. The minimum Gasteiger partial charge on any atom is -0.385 e. The number of methoxy groups -OCH3 is 1. The van der Waals surface area contributed by atoms with Crippen molar-refractivity contribution in [2.75, 3.05) is 20.3 Å². The third-order valence-electron chi connectivity index (χ3n) is 2.84. The topological polar surface area (TPSA) is 33.3 Å². The van der Waals surface area contributed by atoms with Crippen LogP contribution in [-0.4, -0.2) is 31.4 Å². The van der Waals surface area contributed by atoms with Crippen LogP contribution in [-0.2, 0) is 4.74 Å². The Hall–Kier alpha value is -0.350. The summed E-state index contributed by atoms with van der Waals surface area (Å²) in [4.78, 5) is 0. The summed E-state index contributed by atoms with van der Waals surface area (Å²) >= 11 is 5.19. The lowest BCUT2D eigenvalue weighted by Crippen LogP contribution is -2.41. The maximum absolute atomic E-state index is 5.19. The second-order valence-corrected chi connectivity index (χ2v) is 5.13. The first-order chi connectivity index (χ1) is 7.08. The van der Waals surface area contributed by atoms with Crippen LogP contribution in [0.25, 0.3) is 0 Å². The van der Waals surface area contributed by atoms with Gasteiger partial charge in [-0.1, -0.05) is 0 Å². The molecule has 0 saturated heterocycles. The highest BCUT2D eigenvalue weighted by Crippen LogP contribution is 2.48. The average molecular weight is 230 g/mol. The van der Waals surface area contributed by atoms with Gasteiger partial charge in [0, 0.05) is 26.3 Å². The van der Waals surface area contributed by atoms with Crippen molar-refractivity contribution >= 4 is 17.3 Å². The molecule has 0 atom stereocenters. The normalized spacial score (nSPS) is 17.6. The number of thiocarbonyl (C=S) groups is 1. The van der Waals surface area contributed by atoms with Crippen LogP contribution in [0.4, 0.5) is 0 Å². The molecule has 2 N–H and O–H groups in total. The zero-order chi connectivity index (χ0) is 11.3. The summed E-state index contributed by atoms with van der Waals surface area (Å²) in [5.41, 5.74) is 0.457. The van der Waals surface area contributed by atoms with Crippen LogP contribution in [0.1, 0.15) is 33.1 Å². The molecule has 1 fully saturated rings. The summed E-state index contributed by atoms with van der Waals surface area (Å²) in [6.45, 7) is 6.01. The summed E-state index contributed by atoms with van der Waals surface area (Å²) < 4.78 is 5.11. The van der Waals surface area contributed by atoms with Gasteiger partial charge in [-0.05, 0) is 50.7 Å². The van der Waals surface area contributed by atoms with E-state index in [1.165, 1.54) is 12.8 Å². The maximum Gasteiger partial charge on any atom is 0.166 e. The molecular formula is C11H22N2OS. The third kappa shape index (κ3) is 4.80. The van der Waals surface area contributed by atoms with Gasteiger partial charge in [0.2, 0.25) is 0 Å². The Bertz CT molecular complexity index is 215. The molecule has 0 unspecified atom stereocenters. The Labute approximate surface area is 98.0 Å². The van der Waals surface area contributed by atoms with Gasteiger partial charge < -0.3 is 15.4 Å². The van der Waals surface area contributed by atoms with Gasteiger partial charge in [0.05, 0.1) is 0 Å². The van der Waals surface area contributed by atoms with E-state index >= 15 is 0 Å². The zero-order valence-corrected chi connectivity index (χ0v) is 10.7. The summed E-state index contributed by atoms with van der Waals surface area (Å²) in [6.07, 6.45) is 3.74. The Morgan fingerprint density at radius 1 is 1.47 bits per heavy atom. The van der Waals surface area contributed by atoms with Gasteiger partial charge in [0.1, 0.15) is 0 Å². The molecule has 88 valence electrons. The highest BCUT2D eigenvalue weighted by molar-refractivity contribution is 7.80. The van der Waals surface area contributed by atoms with E-state index in [-0.39, 0.29) is 0 Å². The van der Waals surface area contributed by atoms with Crippen LogP contribution in [0.15, 0.2) is 0 Å². The summed E-state index contributed by atoms with van der Waals surface area (Å²) in [6, 6.07) is 0.402. The summed E-state index contributed by atoms with van der Waals surface area (Å²) in [5, 5.41) is 7.25. The van der Waals surface area contributed by atoms with E-state index in [2.05, 4.69) is 24.5 Å². The maximum atomic E-state index is 5.19. The molecule has 0 bridgehead atoms. The number of hydrogen-bond acceptors (Lipinski definition) is 2. The SMILES string of the molecule is COCCC1(CNC(=S)NC(C)C)CC1. The fraction of sp³-hybridized carbons (Fsp3) is 0.909. The predicted molar refractivity (Wildman–Crippen MR) is 67.0 cm³/mol. The largest absolute Gasteiger partial charge is 0.385 e. The van der Waals surface area contributed by atoms with Gasteiger partial charge in [0.25, 0.3) is 0 Å². The molecule has 1 saturated carbocycles. The molecule has 4 heteroatoms. The van der Waals surface area contributed by atoms with Gasteiger partial charge in [-0.3, -0.25) is 0 Å². The summed E-state index contributed by atoms with van der Waals surface area (Å²) in [5.74, 6) is 0. The van der Waals surface area contributed by atoms with E-state index in [9.17, 15) is 0 Å². The Balaban J connectivity index is 2.16. The first-order valence-electron chi connectivity index (χ1n) is 5.61. The first kappa shape index (κ1) is 12.7. The highest BCUT2D eigenvalue weighted by Gasteiger charge is 2.41. The van der Waals surface area contributed by atoms with E-state index in [0.717, 1.165) is 24.7 Å². The van der Waals surface area contributed by atoms with Gasteiger partial charge >= 0.3 is 0 Å². The van der Waals surface area contributed by atoms with Crippen LogP contribution in [0.5, 0.6) is 0 Å².